The van der Waals surface area contributed by atoms with Gasteiger partial charge in [0.25, 0.3) is 0 Å². The van der Waals surface area contributed by atoms with Crippen LogP contribution in [0.2, 0.25) is 0 Å². The van der Waals surface area contributed by atoms with Crippen molar-refractivity contribution < 1.29 is 23.7 Å². The van der Waals surface area contributed by atoms with Gasteiger partial charge in [0.2, 0.25) is 5.24 Å². The van der Waals surface area contributed by atoms with E-state index < -0.39 is 6.29 Å². The van der Waals surface area contributed by atoms with Crippen LogP contribution in [-0.2, 0) is 37.0 Å². The molecule has 3 rings (SSSR count). The van der Waals surface area contributed by atoms with Gasteiger partial charge < -0.3 is 18.9 Å². The van der Waals surface area contributed by atoms with E-state index in [1.807, 2.05) is 36.4 Å². The van der Waals surface area contributed by atoms with Gasteiger partial charge in [0.05, 0.1) is 25.9 Å². The molecule has 2 aromatic rings. The van der Waals surface area contributed by atoms with Crippen molar-refractivity contribution in [3.05, 3.63) is 71.8 Å². The van der Waals surface area contributed by atoms with Crippen LogP contribution in [0.3, 0.4) is 0 Å². The van der Waals surface area contributed by atoms with E-state index in [-0.39, 0.29) is 29.3 Å². The normalized spacial score (nSPS) is 23.7. The lowest BCUT2D eigenvalue weighted by atomic mass is 9.83. The molecule has 1 fully saturated rings. The van der Waals surface area contributed by atoms with E-state index in [1.165, 1.54) is 0 Å². The molecule has 5 atom stereocenters. The summed E-state index contributed by atoms with van der Waals surface area (Å²) >= 11 is 5.40. The number of hydrogen-bond donors (Lipinski definition) is 0. The van der Waals surface area contributed by atoms with Crippen LogP contribution in [0.4, 0.5) is 0 Å². The molecule has 1 saturated heterocycles. The Kier molecular flexibility index (Phi) is 13.6. The van der Waals surface area contributed by atoms with Gasteiger partial charge in [-0.15, -0.1) is 0 Å². The SMILES string of the molecule is C[C@H]1[C@H](C)[C@@H](COCc2ccccc2)O[C@H](OCCCCCCCCC(=O)Cl)[C@@H]1OCc1ccccc1. The minimum Gasteiger partial charge on any atom is -0.374 e. The Hall–Kier alpha value is -1.76. The van der Waals surface area contributed by atoms with Gasteiger partial charge in [0.15, 0.2) is 6.29 Å². The zero-order valence-electron chi connectivity index (χ0n) is 22.4. The van der Waals surface area contributed by atoms with Crippen LogP contribution < -0.4 is 0 Å². The Labute approximate surface area is 227 Å². The van der Waals surface area contributed by atoms with Crippen molar-refractivity contribution in [2.75, 3.05) is 13.2 Å². The molecule has 0 spiro atoms. The van der Waals surface area contributed by atoms with Crippen LogP contribution in [0.25, 0.3) is 0 Å². The van der Waals surface area contributed by atoms with E-state index in [0.717, 1.165) is 49.7 Å². The third-order valence-corrected chi connectivity index (χ3v) is 7.43. The van der Waals surface area contributed by atoms with E-state index in [1.54, 1.807) is 0 Å². The van der Waals surface area contributed by atoms with Crippen LogP contribution in [0.5, 0.6) is 0 Å². The molecule has 204 valence electrons. The monoisotopic (exact) mass is 530 g/mol. The highest BCUT2D eigenvalue weighted by Gasteiger charge is 2.42. The van der Waals surface area contributed by atoms with E-state index in [2.05, 4.69) is 38.1 Å². The summed E-state index contributed by atoms with van der Waals surface area (Å²) in [6, 6.07) is 20.5. The first-order valence-corrected chi connectivity index (χ1v) is 14.1. The van der Waals surface area contributed by atoms with Crippen molar-refractivity contribution in [2.24, 2.45) is 11.8 Å². The fraction of sp³-hybridized carbons (Fsp3) is 0.581. The van der Waals surface area contributed by atoms with Gasteiger partial charge in [-0.25, -0.2) is 0 Å². The number of hydrogen-bond acceptors (Lipinski definition) is 5. The molecule has 0 N–H and O–H groups in total. The molecule has 0 bridgehead atoms. The first-order valence-electron chi connectivity index (χ1n) is 13.8. The molecule has 37 heavy (non-hydrogen) atoms. The molecule has 0 radical (unpaired) electrons. The zero-order chi connectivity index (χ0) is 26.3. The number of benzene rings is 2. The molecule has 6 heteroatoms. The second-order valence-corrected chi connectivity index (χ2v) is 10.5. The van der Waals surface area contributed by atoms with Gasteiger partial charge in [-0.3, -0.25) is 4.79 Å². The van der Waals surface area contributed by atoms with Gasteiger partial charge >= 0.3 is 0 Å². The summed E-state index contributed by atoms with van der Waals surface area (Å²) in [6.07, 6.45) is 6.07. The van der Waals surface area contributed by atoms with E-state index in [4.69, 9.17) is 30.5 Å². The van der Waals surface area contributed by atoms with E-state index in [9.17, 15) is 4.79 Å². The van der Waals surface area contributed by atoms with Crippen LogP contribution in [0.1, 0.15) is 69.9 Å². The molecule has 0 unspecified atom stereocenters. The number of rotatable bonds is 17. The number of carbonyl (C=O) groups is 1. The highest BCUT2D eigenvalue weighted by molar-refractivity contribution is 6.63. The minimum absolute atomic E-state index is 0.0510. The molecule has 0 amide bonds. The molecule has 1 heterocycles. The van der Waals surface area contributed by atoms with Gasteiger partial charge in [-0.1, -0.05) is 100 Å². The Bertz CT molecular complexity index is 876. The molecule has 0 aliphatic carbocycles. The average molecular weight is 531 g/mol. The van der Waals surface area contributed by atoms with E-state index >= 15 is 0 Å². The van der Waals surface area contributed by atoms with E-state index in [0.29, 0.717) is 32.8 Å². The van der Waals surface area contributed by atoms with Crippen LogP contribution >= 0.6 is 11.6 Å². The summed E-state index contributed by atoms with van der Waals surface area (Å²) in [6.45, 7) is 6.71. The Morgan fingerprint density at radius 2 is 1.38 bits per heavy atom. The Morgan fingerprint density at radius 1 is 0.784 bits per heavy atom. The lowest BCUT2D eigenvalue weighted by Gasteiger charge is -2.44. The first kappa shape index (κ1) is 29.8. The summed E-state index contributed by atoms with van der Waals surface area (Å²) in [5.41, 5.74) is 2.30. The van der Waals surface area contributed by atoms with Crippen molar-refractivity contribution in [3.63, 3.8) is 0 Å². The summed E-state index contributed by atoms with van der Waals surface area (Å²) in [5, 5.41) is -0.239. The summed E-state index contributed by atoms with van der Waals surface area (Å²) in [7, 11) is 0. The summed E-state index contributed by atoms with van der Waals surface area (Å²) < 4.78 is 25.2. The summed E-state index contributed by atoms with van der Waals surface area (Å²) in [5.74, 6) is 0.536. The zero-order valence-corrected chi connectivity index (χ0v) is 23.1. The van der Waals surface area contributed by atoms with Crippen molar-refractivity contribution in [1.29, 1.82) is 0 Å². The molecule has 1 aliphatic heterocycles. The number of unbranched alkanes of at least 4 members (excludes halogenated alkanes) is 5. The van der Waals surface area contributed by atoms with Gasteiger partial charge in [-0.05, 0) is 47.4 Å². The van der Waals surface area contributed by atoms with Crippen molar-refractivity contribution >= 4 is 16.8 Å². The predicted octanol–water partition coefficient (Wildman–Crippen LogP) is 7.30. The Balaban J connectivity index is 1.48. The highest BCUT2D eigenvalue weighted by atomic mass is 35.5. The van der Waals surface area contributed by atoms with Crippen molar-refractivity contribution in [1.82, 2.24) is 0 Å². The predicted molar refractivity (Wildman–Crippen MR) is 147 cm³/mol. The largest absolute Gasteiger partial charge is 0.374 e. The second kappa shape index (κ2) is 17.0. The topological polar surface area (TPSA) is 54.0 Å². The lowest BCUT2D eigenvalue weighted by Crippen LogP contribution is -2.52. The van der Waals surface area contributed by atoms with Crippen molar-refractivity contribution in [2.45, 2.75) is 90.5 Å². The average Bonchev–Trinajstić information content (AvgIpc) is 2.91. The first-order chi connectivity index (χ1) is 18.0. The van der Waals surface area contributed by atoms with Crippen LogP contribution in [-0.4, -0.2) is 37.0 Å². The maximum Gasteiger partial charge on any atom is 0.221 e. The standard InChI is InChI=1S/C31H43ClO5/c1-24-25(2)30(36-22-27-17-11-8-12-18-27)31(35-20-14-6-4-3-5-13-19-29(32)33)37-28(24)23-34-21-26-15-9-7-10-16-26/h7-12,15-18,24-25,28,30-31H,3-6,13-14,19-23H2,1-2H3/t24-,25-,28+,30+,31-/m0/s1. The maximum atomic E-state index is 10.8. The number of halogens is 1. The molecule has 2 aromatic carbocycles. The maximum absolute atomic E-state index is 10.8. The van der Waals surface area contributed by atoms with Crippen molar-refractivity contribution in [3.8, 4) is 0 Å². The molecular weight excluding hydrogens is 488 g/mol. The van der Waals surface area contributed by atoms with Gasteiger partial charge in [0.1, 0.15) is 6.10 Å². The lowest BCUT2D eigenvalue weighted by molar-refractivity contribution is -0.289. The van der Waals surface area contributed by atoms with Crippen LogP contribution in [0, 0.1) is 11.8 Å². The third-order valence-electron chi connectivity index (χ3n) is 7.24. The molecular formula is C31H43ClO5. The quantitative estimate of drug-likeness (QED) is 0.159. The third kappa shape index (κ3) is 10.9. The van der Waals surface area contributed by atoms with Gasteiger partial charge in [-0.2, -0.15) is 0 Å². The molecule has 0 aromatic heterocycles. The Morgan fingerprint density at radius 3 is 2.03 bits per heavy atom. The number of carbonyl (C=O) groups excluding carboxylic acids is 1. The fourth-order valence-corrected chi connectivity index (χ4v) is 4.85. The number of ether oxygens (including phenoxy) is 4. The van der Waals surface area contributed by atoms with Crippen LogP contribution in [0.15, 0.2) is 60.7 Å². The molecule has 5 nitrogen and oxygen atoms in total. The smallest absolute Gasteiger partial charge is 0.221 e. The molecule has 1 aliphatic rings. The second-order valence-electron chi connectivity index (χ2n) is 10.1. The minimum atomic E-state index is -0.421. The van der Waals surface area contributed by atoms with Gasteiger partial charge in [0, 0.05) is 13.0 Å². The summed E-state index contributed by atoms with van der Waals surface area (Å²) in [4.78, 5) is 10.8. The molecule has 0 saturated carbocycles. The highest BCUT2D eigenvalue weighted by Crippen LogP contribution is 2.34. The fourth-order valence-electron chi connectivity index (χ4n) is 4.72.